The first-order valence-corrected chi connectivity index (χ1v) is 18.1. The molecule has 0 N–H and O–H groups in total. The van der Waals surface area contributed by atoms with Gasteiger partial charge in [0.15, 0.2) is 0 Å². The summed E-state index contributed by atoms with van der Waals surface area (Å²) < 4.78 is 10.0. The van der Waals surface area contributed by atoms with Crippen LogP contribution in [0.15, 0.2) is 97.1 Å². The van der Waals surface area contributed by atoms with Gasteiger partial charge in [-0.15, -0.1) is 22.1 Å². The minimum Gasteiger partial charge on any atom is -0.657 e. The summed E-state index contributed by atoms with van der Waals surface area (Å²) in [7, 11) is 2.81. The number of aromatic nitrogens is 4. The SMILES string of the molecule is COC(=O)CCc1c(C)c2cc3nc(cc4nc(cc5[n-]c(cc1[n-]2)c(CCC(=O)OC)c5C)-c1c-4ccc2ccccc12)-c1c-3ccc2ccccc12.[Ni+2]. The van der Waals surface area contributed by atoms with Crippen molar-refractivity contribution in [3.05, 3.63) is 119 Å². The second-order valence-corrected chi connectivity index (χ2v) is 13.9. The summed E-state index contributed by atoms with van der Waals surface area (Å²) in [4.78, 5) is 45.8. The molecule has 0 radical (unpaired) electrons. The van der Waals surface area contributed by atoms with Crippen LogP contribution in [0.1, 0.15) is 35.1 Å². The number of benzene rings is 4. The molecule has 0 atom stereocenters. The number of ether oxygens (including phenoxy) is 2. The largest absolute Gasteiger partial charge is 2.00 e. The van der Waals surface area contributed by atoms with Crippen molar-refractivity contribution in [2.75, 3.05) is 14.2 Å². The monoisotopic (exact) mass is 766 g/mol. The average Bonchev–Trinajstić information content (AvgIpc) is 3.90. The number of carbonyl (C=O) groups is 2. The number of rotatable bonds is 6. The predicted octanol–water partition coefficient (Wildman–Crippen LogP) is 9.37. The van der Waals surface area contributed by atoms with Crippen LogP contribution in [0.4, 0.5) is 0 Å². The van der Waals surface area contributed by atoms with E-state index in [2.05, 4.69) is 78.9 Å². The smallest absolute Gasteiger partial charge is 0.657 e. The minimum absolute atomic E-state index is 0. The second kappa shape index (κ2) is 14.3. The average molecular weight is 768 g/mol. The van der Waals surface area contributed by atoms with Crippen LogP contribution < -0.4 is 9.97 Å². The summed E-state index contributed by atoms with van der Waals surface area (Å²) >= 11 is 0. The van der Waals surface area contributed by atoms with E-state index in [1.165, 1.54) is 14.2 Å². The van der Waals surface area contributed by atoms with Crippen molar-refractivity contribution in [2.24, 2.45) is 0 Å². The summed E-state index contributed by atoms with van der Waals surface area (Å²) in [6.07, 6.45) is 1.30. The Kier molecular flexibility index (Phi) is 9.35. The molecule has 2 aliphatic rings. The Morgan fingerprint density at radius 3 is 1.47 bits per heavy atom. The van der Waals surface area contributed by atoms with E-state index < -0.39 is 0 Å². The fraction of sp³-hybridized carbons (Fsp3) is 0.174. The normalized spacial score (nSPS) is 11.6. The molecule has 9 heteroatoms. The Hall–Kier alpha value is -6.05. The van der Waals surface area contributed by atoms with Gasteiger partial charge in [0, 0.05) is 35.1 Å². The zero-order chi connectivity index (χ0) is 37.1. The van der Waals surface area contributed by atoms with Crippen molar-refractivity contribution in [3.8, 4) is 45.0 Å². The maximum atomic E-state index is 12.4. The predicted molar refractivity (Wildman–Crippen MR) is 213 cm³/mol. The molecular weight excluding hydrogens is 731 g/mol. The van der Waals surface area contributed by atoms with Gasteiger partial charge >= 0.3 is 28.4 Å². The van der Waals surface area contributed by atoms with Gasteiger partial charge < -0.3 is 19.4 Å². The summed E-state index contributed by atoms with van der Waals surface area (Å²) in [6.45, 7) is 4.08. The van der Waals surface area contributed by atoms with E-state index in [0.717, 1.165) is 111 Å². The number of carbonyl (C=O) groups excluding carboxylic acids is 2. The van der Waals surface area contributed by atoms with Gasteiger partial charge in [0.2, 0.25) is 0 Å². The van der Waals surface area contributed by atoms with Crippen molar-refractivity contribution in [3.63, 3.8) is 0 Å². The van der Waals surface area contributed by atoms with E-state index in [1.807, 2.05) is 32.0 Å². The molecule has 9 rings (SSSR count). The van der Waals surface area contributed by atoms with Gasteiger partial charge in [-0.25, -0.2) is 9.97 Å². The van der Waals surface area contributed by atoms with Crippen LogP contribution in [0.2, 0.25) is 0 Å². The third kappa shape index (κ3) is 6.19. The Morgan fingerprint density at radius 1 is 0.545 bits per heavy atom. The van der Waals surface area contributed by atoms with Gasteiger partial charge in [0.05, 0.1) is 37.0 Å². The third-order valence-electron chi connectivity index (χ3n) is 10.9. The van der Waals surface area contributed by atoms with E-state index in [-0.39, 0.29) is 41.3 Å². The van der Waals surface area contributed by atoms with Gasteiger partial charge in [-0.3, -0.25) is 9.59 Å². The number of methoxy groups -OCH3 is 2. The van der Waals surface area contributed by atoms with Crippen LogP contribution in [-0.4, -0.2) is 36.1 Å². The summed E-state index contributed by atoms with van der Waals surface area (Å²) in [6, 6.07) is 33.5. The Labute approximate surface area is 327 Å². The zero-order valence-corrected chi connectivity index (χ0v) is 31.8. The number of hydrogen-bond acceptors (Lipinski definition) is 6. The van der Waals surface area contributed by atoms with Crippen molar-refractivity contribution in [1.29, 1.82) is 0 Å². The molecule has 8 bridgehead atoms. The summed E-state index contributed by atoms with van der Waals surface area (Å²) in [5, 5.41) is 4.47. The molecule has 55 heavy (non-hydrogen) atoms. The Bertz CT molecular complexity index is 2890. The third-order valence-corrected chi connectivity index (χ3v) is 10.9. The van der Waals surface area contributed by atoms with E-state index in [9.17, 15) is 9.59 Å². The summed E-state index contributed by atoms with van der Waals surface area (Å²) in [5.74, 6) is -0.583. The molecule has 3 aromatic heterocycles. The van der Waals surface area contributed by atoms with Gasteiger partial charge in [-0.2, -0.15) is 0 Å². The molecule has 0 fully saturated rings. The fourth-order valence-corrected chi connectivity index (χ4v) is 8.03. The Morgan fingerprint density at radius 2 is 0.982 bits per heavy atom. The second-order valence-electron chi connectivity index (χ2n) is 13.9. The van der Waals surface area contributed by atoms with Crippen molar-refractivity contribution in [2.45, 2.75) is 39.5 Å². The quantitative estimate of drug-likeness (QED) is 0.122. The number of nitrogens with zero attached hydrogens (tertiary/aromatic N) is 4. The first-order valence-electron chi connectivity index (χ1n) is 18.1. The van der Waals surface area contributed by atoms with Gasteiger partial charge in [0.1, 0.15) is 0 Å². The van der Waals surface area contributed by atoms with Crippen molar-refractivity contribution in [1.82, 2.24) is 19.9 Å². The molecule has 4 aromatic carbocycles. The van der Waals surface area contributed by atoms with Crippen molar-refractivity contribution < 1.29 is 35.6 Å². The molecule has 0 saturated heterocycles. The first kappa shape index (κ1) is 36.0. The topological polar surface area (TPSA) is 107 Å². The molecule has 2 aliphatic heterocycles. The van der Waals surface area contributed by atoms with Crippen LogP contribution in [0.3, 0.4) is 0 Å². The maximum absolute atomic E-state index is 12.4. The van der Waals surface area contributed by atoms with Gasteiger partial charge in [-0.05, 0) is 54.3 Å². The van der Waals surface area contributed by atoms with Crippen LogP contribution >= 0.6 is 0 Å². The van der Waals surface area contributed by atoms with Crippen LogP contribution in [0.25, 0.3) is 88.6 Å². The molecule has 0 saturated carbocycles. The molecule has 0 unspecified atom stereocenters. The van der Waals surface area contributed by atoms with E-state index >= 15 is 0 Å². The van der Waals surface area contributed by atoms with Crippen molar-refractivity contribution >= 4 is 55.6 Å². The van der Waals surface area contributed by atoms with Gasteiger partial charge in [0.25, 0.3) is 0 Å². The standard InChI is InChI=1S/C46H36N4O4.Ni/c1-25-29(17-19-43(51)53-3)37-23-38-30(18-20-44(52)54-4)26(2)36(48-38)22-41-45-31-11-7-5-9-27(31)14-16-34(45)40(50-41)24-42-46-32-12-8-6-10-28(32)13-15-33(46)39(49-42)21-35(25)47-37;/h5-16,21-24H,17-20H2,1-4H3;/q-2;+2. The molecule has 7 aromatic rings. The molecule has 8 nitrogen and oxygen atoms in total. The minimum atomic E-state index is -0.292. The molecule has 0 amide bonds. The fourth-order valence-electron chi connectivity index (χ4n) is 8.03. The molecule has 0 aliphatic carbocycles. The van der Waals surface area contributed by atoms with Gasteiger partial charge in [-0.1, -0.05) is 113 Å². The summed E-state index contributed by atoms with van der Waals surface area (Å²) in [5.41, 5.74) is 14.2. The molecule has 274 valence electrons. The van der Waals surface area contributed by atoms with Crippen LogP contribution in [-0.2, 0) is 48.4 Å². The number of hydrogen-bond donors (Lipinski definition) is 0. The van der Waals surface area contributed by atoms with Crippen LogP contribution in [0, 0.1) is 13.8 Å². The molecule has 5 heterocycles. The van der Waals surface area contributed by atoms with E-state index in [0.29, 0.717) is 12.8 Å². The number of esters is 2. The van der Waals surface area contributed by atoms with Crippen LogP contribution in [0.5, 0.6) is 0 Å². The Balaban J connectivity index is 0.00000427. The van der Waals surface area contributed by atoms with E-state index in [1.54, 1.807) is 0 Å². The molecule has 0 spiro atoms. The molecular formula is C46H36N4NiO4. The number of fused-ring (bicyclic) bond motifs is 18. The zero-order valence-electron chi connectivity index (χ0n) is 30.8. The number of aryl methyl sites for hydroxylation is 4. The first-order chi connectivity index (χ1) is 26.3. The maximum Gasteiger partial charge on any atom is 2.00 e. The van der Waals surface area contributed by atoms with E-state index in [4.69, 9.17) is 29.4 Å².